The summed E-state index contributed by atoms with van der Waals surface area (Å²) >= 11 is 0. The SMILES string of the molecule is O=C(C1=Cc2ccccc2CC1)c1cccc2ccccc12. The highest BCUT2D eigenvalue weighted by Gasteiger charge is 2.18. The van der Waals surface area contributed by atoms with E-state index in [9.17, 15) is 4.79 Å². The van der Waals surface area contributed by atoms with Crippen LogP contribution in [0, 0.1) is 0 Å². The highest BCUT2D eigenvalue weighted by molar-refractivity contribution is 6.18. The van der Waals surface area contributed by atoms with Gasteiger partial charge in [-0.2, -0.15) is 0 Å². The van der Waals surface area contributed by atoms with Crippen LogP contribution in [0.25, 0.3) is 16.8 Å². The maximum atomic E-state index is 13.0. The average Bonchev–Trinajstić information content (AvgIpc) is 2.60. The maximum Gasteiger partial charge on any atom is 0.189 e. The summed E-state index contributed by atoms with van der Waals surface area (Å²) in [5.74, 6) is 0.159. The first-order valence-corrected chi connectivity index (χ1v) is 7.64. The molecule has 3 aromatic rings. The minimum absolute atomic E-state index is 0.159. The fourth-order valence-corrected chi connectivity index (χ4v) is 3.21. The number of carbonyl (C=O) groups is 1. The lowest BCUT2D eigenvalue weighted by Gasteiger charge is -2.16. The molecule has 106 valence electrons. The maximum absolute atomic E-state index is 13.0. The summed E-state index contributed by atoms with van der Waals surface area (Å²) in [4.78, 5) is 13.0. The Hall–Kier alpha value is -2.67. The van der Waals surface area contributed by atoms with Crippen LogP contribution in [0.2, 0.25) is 0 Å². The summed E-state index contributed by atoms with van der Waals surface area (Å²) in [5, 5.41) is 2.15. The van der Waals surface area contributed by atoms with E-state index in [2.05, 4.69) is 36.4 Å². The number of Topliss-reactive ketones (excluding diaryl/α,β-unsaturated/α-hetero) is 1. The molecule has 0 amide bonds. The molecule has 0 unspecified atom stereocenters. The lowest BCUT2D eigenvalue weighted by Crippen LogP contribution is -2.09. The summed E-state index contributed by atoms with van der Waals surface area (Å²) in [7, 11) is 0. The average molecular weight is 284 g/mol. The van der Waals surface area contributed by atoms with Gasteiger partial charge in [0.15, 0.2) is 5.78 Å². The van der Waals surface area contributed by atoms with Crippen molar-refractivity contribution in [1.29, 1.82) is 0 Å². The molecule has 0 aromatic heterocycles. The van der Waals surface area contributed by atoms with E-state index in [0.717, 1.165) is 34.8 Å². The number of hydrogen-bond donors (Lipinski definition) is 0. The molecule has 1 aliphatic carbocycles. The van der Waals surface area contributed by atoms with Crippen LogP contribution < -0.4 is 0 Å². The van der Waals surface area contributed by atoms with E-state index in [0.29, 0.717) is 0 Å². The van der Waals surface area contributed by atoms with E-state index in [-0.39, 0.29) is 5.78 Å². The van der Waals surface area contributed by atoms with Crippen LogP contribution in [0.5, 0.6) is 0 Å². The number of aryl methyl sites for hydroxylation is 1. The Labute approximate surface area is 129 Å². The number of rotatable bonds is 2. The largest absolute Gasteiger partial charge is 0.289 e. The van der Waals surface area contributed by atoms with Gasteiger partial charge in [0.2, 0.25) is 0 Å². The van der Waals surface area contributed by atoms with E-state index in [1.165, 1.54) is 11.1 Å². The quantitative estimate of drug-likeness (QED) is 0.602. The van der Waals surface area contributed by atoms with Gasteiger partial charge < -0.3 is 0 Å². The zero-order chi connectivity index (χ0) is 14.9. The summed E-state index contributed by atoms with van der Waals surface area (Å²) in [6.07, 6.45) is 3.82. The van der Waals surface area contributed by atoms with Gasteiger partial charge in [-0.05, 0) is 40.8 Å². The molecule has 22 heavy (non-hydrogen) atoms. The summed E-state index contributed by atoms with van der Waals surface area (Å²) in [5.41, 5.74) is 4.23. The van der Waals surface area contributed by atoms with Crippen LogP contribution in [-0.2, 0) is 6.42 Å². The number of hydrogen-bond acceptors (Lipinski definition) is 1. The Bertz CT molecular complexity index is 897. The van der Waals surface area contributed by atoms with Gasteiger partial charge in [-0.25, -0.2) is 0 Å². The molecule has 0 fully saturated rings. The van der Waals surface area contributed by atoms with E-state index in [1.54, 1.807) is 0 Å². The molecule has 0 saturated carbocycles. The van der Waals surface area contributed by atoms with Gasteiger partial charge in [-0.15, -0.1) is 0 Å². The molecule has 0 atom stereocenters. The lowest BCUT2D eigenvalue weighted by atomic mass is 9.87. The Morgan fingerprint density at radius 3 is 2.50 bits per heavy atom. The molecule has 3 aromatic carbocycles. The molecule has 1 heteroatoms. The van der Waals surface area contributed by atoms with Crippen molar-refractivity contribution in [3.8, 4) is 0 Å². The van der Waals surface area contributed by atoms with Crippen LogP contribution in [0.4, 0.5) is 0 Å². The predicted molar refractivity (Wildman–Crippen MR) is 91.0 cm³/mol. The molecule has 4 rings (SSSR count). The monoisotopic (exact) mass is 284 g/mol. The second-order valence-corrected chi connectivity index (χ2v) is 5.72. The van der Waals surface area contributed by atoms with Crippen molar-refractivity contribution in [2.75, 3.05) is 0 Å². The van der Waals surface area contributed by atoms with Gasteiger partial charge in [0.1, 0.15) is 0 Å². The van der Waals surface area contributed by atoms with E-state index in [1.807, 2.05) is 36.4 Å². The van der Waals surface area contributed by atoms with Gasteiger partial charge in [0.25, 0.3) is 0 Å². The molecule has 1 aliphatic rings. The van der Waals surface area contributed by atoms with Crippen molar-refractivity contribution in [1.82, 2.24) is 0 Å². The molecule has 0 aliphatic heterocycles. The number of ketones is 1. The fraction of sp³-hybridized carbons (Fsp3) is 0.0952. The Morgan fingerprint density at radius 2 is 1.55 bits per heavy atom. The fourth-order valence-electron chi connectivity index (χ4n) is 3.21. The van der Waals surface area contributed by atoms with E-state index in [4.69, 9.17) is 0 Å². The normalized spacial score (nSPS) is 13.5. The third-order valence-electron chi connectivity index (χ3n) is 4.37. The van der Waals surface area contributed by atoms with Crippen molar-refractivity contribution < 1.29 is 4.79 Å². The lowest BCUT2D eigenvalue weighted by molar-refractivity contribution is 0.103. The van der Waals surface area contributed by atoms with Gasteiger partial charge in [-0.1, -0.05) is 66.7 Å². The van der Waals surface area contributed by atoms with Crippen LogP contribution in [0.15, 0.2) is 72.3 Å². The Morgan fingerprint density at radius 1 is 0.773 bits per heavy atom. The molecule has 0 spiro atoms. The second kappa shape index (κ2) is 5.27. The summed E-state index contributed by atoms with van der Waals surface area (Å²) in [6, 6.07) is 22.4. The molecule has 0 saturated heterocycles. The highest BCUT2D eigenvalue weighted by Crippen LogP contribution is 2.28. The smallest absolute Gasteiger partial charge is 0.189 e. The summed E-state index contributed by atoms with van der Waals surface area (Å²) in [6.45, 7) is 0. The molecule has 1 nitrogen and oxygen atoms in total. The Balaban J connectivity index is 1.80. The van der Waals surface area contributed by atoms with Gasteiger partial charge >= 0.3 is 0 Å². The number of benzene rings is 3. The first-order chi connectivity index (χ1) is 10.8. The van der Waals surface area contributed by atoms with Crippen LogP contribution >= 0.6 is 0 Å². The van der Waals surface area contributed by atoms with Crippen molar-refractivity contribution in [2.24, 2.45) is 0 Å². The first-order valence-electron chi connectivity index (χ1n) is 7.64. The number of allylic oxidation sites excluding steroid dienone is 1. The molecule has 0 heterocycles. The third-order valence-corrected chi connectivity index (χ3v) is 4.37. The van der Waals surface area contributed by atoms with Gasteiger partial charge in [0, 0.05) is 11.1 Å². The van der Waals surface area contributed by atoms with Crippen LogP contribution in [0.3, 0.4) is 0 Å². The van der Waals surface area contributed by atoms with Crippen molar-refractivity contribution >= 4 is 22.6 Å². The third kappa shape index (κ3) is 2.15. The number of carbonyl (C=O) groups excluding carboxylic acids is 1. The van der Waals surface area contributed by atoms with Crippen LogP contribution in [0.1, 0.15) is 27.9 Å². The molecule has 0 radical (unpaired) electrons. The van der Waals surface area contributed by atoms with Crippen molar-refractivity contribution in [3.63, 3.8) is 0 Å². The number of fused-ring (bicyclic) bond motifs is 2. The second-order valence-electron chi connectivity index (χ2n) is 5.72. The van der Waals surface area contributed by atoms with E-state index >= 15 is 0 Å². The molecule has 0 N–H and O–H groups in total. The summed E-state index contributed by atoms with van der Waals surface area (Å²) < 4.78 is 0. The predicted octanol–water partition coefficient (Wildman–Crippen LogP) is 5.05. The van der Waals surface area contributed by atoms with Crippen molar-refractivity contribution in [2.45, 2.75) is 12.8 Å². The Kier molecular flexibility index (Phi) is 3.12. The highest BCUT2D eigenvalue weighted by atomic mass is 16.1. The molecular weight excluding hydrogens is 268 g/mol. The topological polar surface area (TPSA) is 17.1 Å². The molecular formula is C21H16O. The van der Waals surface area contributed by atoms with Crippen molar-refractivity contribution in [3.05, 3.63) is 89.0 Å². The van der Waals surface area contributed by atoms with E-state index < -0.39 is 0 Å². The standard InChI is InChI=1S/C21H16O/c22-21(18-13-12-15-6-1-2-8-17(15)14-18)20-11-5-9-16-7-3-4-10-19(16)20/h1-11,14H,12-13H2. The zero-order valence-corrected chi connectivity index (χ0v) is 12.3. The zero-order valence-electron chi connectivity index (χ0n) is 12.3. The van der Waals surface area contributed by atoms with Crippen LogP contribution in [-0.4, -0.2) is 5.78 Å². The first kappa shape index (κ1) is 13.0. The van der Waals surface area contributed by atoms with Gasteiger partial charge in [-0.3, -0.25) is 4.79 Å². The molecule has 0 bridgehead atoms. The van der Waals surface area contributed by atoms with Gasteiger partial charge in [0.05, 0.1) is 0 Å². The minimum atomic E-state index is 0.159. The minimum Gasteiger partial charge on any atom is -0.289 e.